The Balaban J connectivity index is 2.13. The van der Waals surface area contributed by atoms with E-state index in [1.54, 1.807) is 6.20 Å². The lowest BCUT2D eigenvalue weighted by molar-refractivity contribution is 0.537. The van der Waals surface area contributed by atoms with Gasteiger partial charge in [-0.15, -0.1) is 0 Å². The normalized spacial score (nSPS) is 14.9. The number of hydrogen-bond acceptors (Lipinski definition) is 4. The van der Waals surface area contributed by atoms with Gasteiger partial charge in [0.1, 0.15) is 5.76 Å². The van der Waals surface area contributed by atoms with Crippen molar-refractivity contribution in [2.75, 3.05) is 6.54 Å². The molecule has 1 aliphatic heterocycles. The SMILES string of the molecule is CCn1nc(-c2ncc(C)o2)c2c1CCNC2. The van der Waals surface area contributed by atoms with Gasteiger partial charge in [-0.25, -0.2) is 4.98 Å². The number of rotatable bonds is 2. The van der Waals surface area contributed by atoms with E-state index in [1.165, 1.54) is 11.3 Å². The van der Waals surface area contributed by atoms with Gasteiger partial charge in [0.15, 0.2) is 5.69 Å². The van der Waals surface area contributed by atoms with Crippen molar-refractivity contribution in [3.05, 3.63) is 23.2 Å². The Bertz CT molecular complexity index is 541. The zero-order valence-corrected chi connectivity index (χ0v) is 10.2. The summed E-state index contributed by atoms with van der Waals surface area (Å²) in [5, 5.41) is 7.99. The molecule has 17 heavy (non-hydrogen) atoms. The van der Waals surface area contributed by atoms with Gasteiger partial charge in [0.05, 0.1) is 6.20 Å². The molecule has 0 atom stereocenters. The van der Waals surface area contributed by atoms with Crippen molar-refractivity contribution in [3.8, 4) is 11.6 Å². The minimum absolute atomic E-state index is 0.634. The van der Waals surface area contributed by atoms with Crippen LogP contribution < -0.4 is 5.32 Å². The molecule has 1 N–H and O–H groups in total. The van der Waals surface area contributed by atoms with Crippen molar-refractivity contribution in [2.24, 2.45) is 0 Å². The third-order valence-corrected chi connectivity index (χ3v) is 3.13. The average Bonchev–Trinajstić information content (AvgIpc) is 2.92. The molecule has 1 aliphatic rings. The molecule has 5 nitrogen and oxygen atoms in total. The van der Waals surface area contributed by atoms with Crippen LogP contribution in [0.4, 0.5) is 0 Å². The fourth-order valence-electron chi connectivity index (χ4n) is 2.32. The Morgan fingerprint density at radius 3 is 3.12 bits per heavy atom. The third kappa shape index (κ3) is 1.67. The van der Waals surface area contributed by atoms with Crippen LogP contribution in [-0.4, -0.2) is 21.3 Å². The second-order valence-corrected chi connectivity index (χ2v) is 4.29. The zero-order valence-electron chi connectivity index (χ0n) is 10.2. The predicted molar refractivity (Wildman–Crippen MR) is 63.5 cm³/mol. The molecule has 0 aromatic carbocycles. The summed E-state index contributed by atoms with van der Waals surface area (Å²) in [4.78, 5) is 4.27. The van der Waals surface area contributed by atoms with E-state index in [-0.39, 0.29) is 0 Å². The smallest absolute Gasteiger partial charge is 0.247 e. The number of aryl methyl sites for hydroxylation is 2. The Hall–Kier alpha value is -1.62. The summed E-state index contributed by atoms with van der Waals surface area (Å²) in [6.45, 7) is 6.77. The van der Waals surface area contributed by atoms with Crippen LogP contribution in [0, 0.1) is 6.92 Å². The maximum Gasteiger partial charge on any atom is 0.247 e. The molecule has 0 unspecified atom stereocenters. The molecule has 0 bridgehead atoms. The van der Waals surface area contributed by atoms with E-state index in [2.05, 4.69) is 27.0 Å². The van der Waals surface area contributed by atoms with Crippen LogP contribution >= 0.6 is 0 Å². The quantitative estimate of drug-likeness (QED) is 0.852. The molecule has 90 valence electrons. The van der Waals surface area contributed by atoms with Crippen LogP contribution in [-0.2, 0) is 19.5 Å². The zero-order chi connectivity index (χ0) is 11.8. The van der Waals surface area contributed by atoms with Gasteiger partial charge < -0.3 is 9.73 Å². The molecule has 5 heteroatoms. The lowest BCUT2D eigenvalue weighted by Gasteiger charge is -2.14. The monoisotopic (exact) mass is 232 g/mol. The van der Waals surface area contributed by atoms with Crippen LogP contribution in [0.25, 0.3) is 11.6 Å². The first kappa shape index (κ1) is 10.5. The van der Waals surface area contributed by atoms with Gasteiger partial charge in [-0.2, -0.15) is 5.10 Å². The van der Waals surface area contributed by atoms with Crippen LogP contribution in [0.15, 0.2) is 10.6 Å². The summed E-state index contributed by atoms with van der Waals surface area (Å²) in [7, 11) is 0. The summed E-state index contributed by atoms with van der Waals surface area (Å²) in [5.74, 6) is 1.46. The summed E-state index contributed by atoms with van der Waals surface area (Å²) in [6.07, 6.45) is 2.76. The number of fused-ring (bicyclic) bond motifs is 1. The fourth-order valence-corrected chi connectivity index (χ4v) is 2.32. The van der Waals surface area contributed by atoms with Crippen molar-refractivity contribution in [3.63, 3.8) is 0 Å². The molecule has 2 aromatic rings. The molecule has 2 aromatic heterocycles. The van der Waals surface area contributed by atoms with Crippen molar-refractivity contribution in [1.29, 1.82) is 0 Å². The van der Waals surface area contributed by atoms with Crippen LogP contribution in [0.3, 0.4) is 0 Å². The van der Waals surface area contributed by atoms with Crippen molar-refractivity contribution < 1.29 is 4.42 Å². The molecule has 3 heterocycles. The molecule has 0 fully saturated rings. The molecule has 0 saturated heterocycles. The highest BCUT2D eigenvalue weighted by Crippen LogP contribution is 2.27. The largest absolute Gasteiger partial charge is 0.440 e. The van der Waals surface area contributed by atoms with E-state index in [4.69, 9.17) is 4.42 Å². The fraction of sp³-hybridized carbons (Fsp3) is 0.500. The van der Waals surface area contributed by atoms with Crippen LogP contribution in [0.1, 0.15) is 23.9 Å². The highest BCUT2D eigenvalue weighted by atomic mass is 16.4. The van der Waals surface area contributed by atoms with Crippen molar-refractivity contribution >= 4 is 0 Å². The molecule has 0 aliphatic carbocycles. The summed E-state index contributed by atoms with van der Waals surface area (Å²) in [6, 6.07) is 0. The van der Waals surface area contributed by atoms with Gasteiger partial charge in [0.2, 0.25) is 5.89 Å². The van der Waals surface area contributed by atoms with E-state index in [0.717, 1.165) is 37.5 Å². The molecule has 0 amide bonds. The van der Waals surface area contributed by atoms with E-state index >= 15 is 0 Å². The minimum Gasteiger partial charge on any atom is -0.440 e. The second-order valence-electron chi connectivity index (χ2n) is 4.29. The van der Waals surface area contributed by atoms with E-state index in [9.17, 15) is 0 Å². The number of nitrogens with zero attached hydrogens (tertiary/aromatic N) is 3. The second kappa shape index (κ2) is 4.00. The van der Waals surface area contributed by atoms with Crippen LogP contribution in [0.2, 0.25) is 0 Å². The number of nitrogens with one attached hydrogen (secondary N) is 1. The highest BCUT2D eigenvalue weighted by molar-refractivity contribution is 5.55. The van der Waals surface area contributed by atoms with Gasteiger partial charge in [-0.3, -0.25) is 4.68 Å². The molecule has 0 saturated carbocycles. The first-order valence-corrected chi connectivity index (χ1v) is 6.01. The predicted octanol–water partition coefficient (Wildman–Crippen LogP) is 1.51. The maximum atomic E-state index is 5.58. The third-order valence-electron chi connectivity index (χ3n) is 3.13. The molecule has 0 radical (unpaired) electrons. The highest BCUT2D eigenvalue weighted by Gasteiger charge is 2.23. The lowest BCUT2D eigenvalue weighted by atomic mass is 10.1. The summed E-state index contributed by atoms with van der Waals surface area (Å²) in [5.41, 5.74) is 3.44. The Morgan fingerprint density at radius 2 is 2.41 bits per heavy atom. The maximum absolute atomic E-state index is 5.58. The van der Waals surface area contributed by atoms with Crippen molar-refractivity contribution in [1.82, 2.24) is 20.1 Å². The molecule has 0 spiro atoms. The van der Waals surface area contributed by atoms with E-state index in [0.29, 0.717) is 5.89 Å². The topological polar surface area (TPSA) is 55.9 Å². The number of oxazole rings is 1. The Morgan fingerprint density at radius 1 is 1.53 bits per heavy atom. The minimum atomic E-state index is 0.634. The van der Waals surface area contributed by atoms with E-state index in [1.807, 2.05) is 6.92 Å². The van der Waals surface area contributed by atoms with Gasteiger partial charge >= 0.3 is 0 Å². The van der Waals surface area contributed by atoms with Crippen molar-refractivity contribution in [2.45, 2.75) is 33.4 Å². The first-order chi connectivity index (χ1) is 8.29. The first-order valence-electron chi connectivity index (χ1n) is 6.01. The molecular formula is C12H16N4O. The lowest BCUT2D eigenvalue weighted by Crippen LogP contribution is -2.24. The number of hydrogen-bond donors (Lipinski definition) is 1. The molecule has 3 rings (SSSR count). The van der Waals surface area contributed by atoms with E-state index < -0.39 is 0 Å². The van der Waals surface area contributed by atoms with Gasteiger partial charge in [0, 0.05) is 37.3 Å². The van der Waals surface area contributed by atoms with Gasteiger partial charge in [0.25, 0.3) is 0 Å². The Kier molecular flexibility index (Phi) is 2.48. The molecular weight excluding hydrogens is 216 g/mol. The summed E-state index contributed by atoms with van der Waals surface area (Å²) >= 11 is 0. The number of aromatic nitrogens is 3. The Labute approximate surface area is 99.8 Å². The van der Waals surface area contributed by atoms with Crippen LogP contribution in [0.5, 0.6) is 0 Å². The average molecular weight is 232 g/mol. The van der Waals surface area contributed by atoms with Gasteiger partial charge in [-0.1, -0.05) is 0 Å². The standard InChI is InChI=1S/C12H16N4O/c1-3-16-10-4-5-13-7-9(10)11(15-16)12-14-6-8(2)17-12/h6,13H,3-5,7H2,1-2H3. The summed E-state index contributed by atoms with van der Waals surface area (Å²) < 4.78 is 7.64. The van der Waals surface area contributed by atoms with Gasteiger partial charge in [-0.05, 0) is 13.8 Å².